The SMILES string of the molecule is COc1ccc(NC(=O)CSc2ccc(-c3ccc(F)cc3)nn2)cc1OC. The molecule has 0 aliphatic heterocycles. The van der Waals surface area contributed by atoms with E-state index in [1.165, 1.54) is 31.0 Å². The summed E-state index contributed by atoms with van der Waals surface area (Å²) >= 11 is 1.27. The van der Waals surface area contributed by atoms with Crippen LogP contribution in [0.2, 0.25) is 0 Å². The highest BCUT2D eigenvalue weighted by Gasteiger charge is 2.09. The Balaban J connectivity index is 1.56. The lowest BCUT2D eigenvalue weighted by atomic mass is 10.1. The van der Waals surface area contributed by atoms with Crippen molar-refractivity contribution in [3.05, 3.63) is 60.4 Å². The second-order valence-electron chi connectivity index (χ2n) is 5.67. The quantitative estimate of drug-likeness (QED) is 0.605. The van der Waals surface area contributed by atoms with E-state index < -0.39 is 0 Å². The van der Waals surface area contributed by atoms with Crippen molar-refractivity contribution in [2.45, 2.75) is 5.03 Å². The monoisotopic (exact) mass is 399 g/mol. The van der Waals surface area contributed by atoms with Crippen LogP contribution in [0.25, 0.3) is 11.3 Å². The van der Waals surface area contributed by atoms with E-state index in [0.29, 0.717) is 27.9 Å². The van der Waals surface area contributed by atoms with Gasteiger partial charge in [0.05, 0.1) is 25.7 Å². The standard InChI is InChI=1S/C20H18FN3O3S/c1-26-17-9-7-15(11-18(17)27-2)22-19(25)12-28-20-10-8-16(23-24-20)13-3-5-14(21)6-4-13/h3-11H,12H2,1-2H3,(H,22,25). The number of rotatable bonds is 7. The predicted molar refractivity (Wildman–Crippen MR) is 106 cm³/mol. The van der Waals surface area contributed by atoms with E-state index in [1.807, 2.05) is 0 Å². The first kappa shape index (κ1) is 19.6. The van der Waals surface area contributed by atoms with E-state index >= 15 is 0 Å². The van der Waals surface area contributed by atoms with Gasteiger partial charge in [-0.15, -0.1) is 10.2 Å². The summed E-state index contributed by atoms with van der Waals surface area (Å²) in [6.07, 6.45) is 0. The molecule has 0 saturated carbocycles. The van der Waals surface area contributed by atoms with Gasteiger partial charge in [0.2, 0.25) is 5.91 Å². The second kappa shape index (κ2) is 9.18. The Morgan fingerprint density at radius 1 is 1.00 bits per heavy atom. The highest BCUT2D eigenvalue weighted by atomic mass is 32.2. The number of carbonyl (C=O) groups is 1. The number of nitrogens with one attached hydrogen (secondary N) is 1. The number of hydrogen-bond donors (Lipinski definition) is 1. The van der Waals surface area contributed by atoms with Gasteiger partial charge in [-0.1, -0.05) is 11.8 Å². The van der Waals surface area contributed by atoms with Gasteiger partial charge in [-0.25, -0.2) is 4.39 Å². The third-order valence-corrected chi connectivity index (χ3v) is 4.72. The molecule has 0 unspecified atom stereocenters. The van der Waals surface area contributed by atoms with Gasteiger partial charge in [0, 0.05) is 17.3 Å². The average molecular weight is 399 g/mol. The molecule has 1 aromatic heterocycles. The number of amides is 1. The molecule has 3 rings (SSSR count). The lowest BCUT2D eigenvalue weighted by Crippen LogP contribution is -2.14. The van der Waals surface area contributed by atoms with Crippen LogP contribution in [0.5, 0.6) is 11.5 Å². The Hall–Kier alpha value is -3.13. The average Bonchev–Trinajstić information content (AvgIpc) is 2.73. The van der Waals surface area contributed by atoms with Crippen LogP contribution in [0, 0.1) is 5.82 Å². The van der Waals surface area contributed by atoms with Crippen molar-refractivity contribution in [1.29, 1.82) is 0 Å². The largest absolute Gasteiger partial charge is 0.493 e. The molecule has 1 heterocycles. The molecule has 0 atom stereocenters. The minimum Gasteiger partial charge on any atom is -0.493 e. The number of benzene rings is 2. The van der Waals surface area contributed by atoms with Gasteiger partial charge in [0.15, 0.2) is 11.5 Å². The maximum Gasteiger partial charge on any atom is 0.234 e. The highest BCUT2D eigenvalue weighted by Crippen LogP contribution is 2.30. The normalized spacial score (nSPS) is 10.4. The van der Waals surface area contributed by atoms with Crippen molar-refractivity contribution in [2.75, 3.05) is 25.3 Å². The molecule has 0 spiro atoms. The van der Waals surface area contributed by atoms with Gasteiger partial charge in [-0.2, -0.15) is 0 Å². The van der Waals surface area contributed by atoms with Crippen molar-refractivity contribution < 1.29 is 18.7 Å². The molecule has 0 aliphatic carbocycles. The minimum atomic E-state index is -0.302. The summed E-state index contributed by atoms with van der Waals surface area (Å²) in [6, 6.07) is 14.7. The Morgan fingerprint density at radius 3 is 2.39 bits per heavy atom. The number of thioether (sulfide) groups is 1. The number of methoxy groups -OCH3 is 2. The number of halogens is 1. The Kier molecular flexibility index (Phi) is 6.44. The fraction of sp³-hybridized carbons (Fsp3) is 0.150. The summed E-state index contributed by atoms with van der Waals surface area (Å²) in [5.41, 5.74) is 2.02. The summed E-state index contributed by atoms with van der Waals surface area (Å²) in [5, 5.41) is 11.7. The molecule has 2 aromatic carbocycles. The Bertz CT molecular complexity index is 950. The summed E-state index contributed by atoms with van der Waals surface area (Å²) in [5.74, 6) is 0.825. The van der Waals surface area contributed by atoms with Crippen molar-refractivity contribution in [3.63, 3.8) is 0 Å². The number of hydrogen-bond acceptors (Lipinski definition) is 6. The summed E-state index contributed by atoms with van der Waals surface area (Å²) < 4.78 is 23.4. The van der Waals surface area contributed by atoms with Gasteiger partial charge < -0.3 is 14.8 Å². The third-order valence-electron chi connectivity index (χ3n) is 3.80. The maximum absolute atomic E-state index is 13.0. The summed E-state index contributed by atoms with van der Waals surface area (Å²) in [4.78, 5) is 12.2. The lowest BCUT2D eigenvalue weighted by Gasteiger charge is -2.10. The smallest absolute Gasteiger partial charge is 0.234 e. The van der Waals surface area contributed by atoms with Gasteiger partial charge in [-0.05, 0) is 48.5 Å². The van der Waals surface area contributed by atoms with E-state index in [4.69, 9.17) is 9.47 Å². The van der Waals surface area contributed by atoms with E-state index in [2.05, 4.69) is 15.5 Å². The van der Waals surface area contributed by atoms with E-state index in [1.54, 1.807) is 49.6 Å². The maximum atomic E-state index is 13.0. The molecule has 144 valence electrons. The Labute approximate surface area is 166 Å². The van der Waals surface area contributed by atoms with Crippen molar-refractivity contribution in [3.8, 4) is 22.8 Å². The van der Waals surface area contributed by atoms with Crippen LogP contribution in [-0.4, -0.2) is 36.1 Å². The summed E-state index contributed by atoms with van der Waals surface area (Å²) in [6.45, 7) is 0. The number of nitrogens with zero attached hydrogens (tertiary/aromatic N) is 2. The zero-order valence-electron chi connectivity index (χ0n) is 15.3. The number of aromatic nitrogens is 2. The highest BCUT2D eigenvalue weighted by molar-refractivity contribution is 7.99. The number of anilines is 1. The number of carbonyl (C=O) groups excluding carboxylic acids is 1. The topological polar surface area (TPSA) is 73.3 Å². The first-order valence-electron chi connectivity index (χ1n) is 8.33. The van der Waals surface area contributed by atoms with Crippen LogP contribution in [-0.2, 0) is 4.79 Å². The van der Waals surface area contributed by atoms with Gasteiger partial charge in [-0.3, -0.25) is 4.79 Å². The molecule has 0 saturated heterocycles. The van der Waals surface area contributed by atoms with Crippen LogP contribution < -0.4 is 14.8 Å². The molecule has 0 bridgehead atoms. The minimum absolute atomic E-state index is 0.179. The van der Waals surface area contributed by atoms with Crippen LogP contribution in [0.15, 0.2) is 59.6 Å². The van der Waals surface area contributed by atoms with E-state index in [9.17, 15) is 9.18 Å². The van der Waals surface area contributed by atoms with E-state index in [-0.39, 0.29) is 17.5 Å². The molecule has 0 fully saturated rings. The molecule has 1 N–H and O–H groups in total. The molecular formula is C20H18FN3O3S. The summed E-state index contributed by atoms with van der Waals surface area (Å²) in [7, 11) is 3.09. The number of ether oxygens (including phenoxy) is 2. The van der Waals surface area contributed by atoms with Crippen LogP contribution >= 0.6 is 11.8 Å². The zero-order chi connectivity index (χ0) is 19.9. The Morgan fingerprint density at radius 2 is 1.75 bits per heavy atom. The van der Waals surface area contributed by atoms with E-state index in [0.717, 1.165) is 5.56 Å². The van der Waals surface area contributed by atoms with Crippen LogP contribution in [0.3, 0.4) is 0 Å². The molecule has 28 heavy (non-hydrogen) atoms. The molecule has 0 radical (unpaired) electrons. The van der Waals surface area contributed by atoms with Crippen LogP contribution in [0.1, 0.15) is 0 Å². The van der Waals surface area contributed by atoms with Gasteiger partial charge >= 0.3 is 0 Å². The lowest BCUT2D eigenvalue weighted by molar-refractivity contribution is -0.113. The van der Waals surface area contributed by atoms with Crippen LogP contribution in [0.4, 0.5) is 10.1 Å². The fourth-order valence-corrected chi connectivity index (χ4v) is 3.04. The first-order valence-corrected chi connectivity index (χ1v) is 9.32. The second-order valence-corrected chi connectivity index (χ2v) is 6.67. The van der Waals surface area contributed by atoms with Gasteiger partial charge in [0.1, 0.15) is 10.8 Å². The zero-order valence-corrected chi connectivity index (χ0v) is 16.1. The first-order chi connectivity index (χ1) is 13.6. The molecule has 0 aliphatic rings. The molecule has 8 heteroatoms. The van der Waals surface area contributed by atoms with Crippen molar-refractivity contribution >= 4 is 23.4 Å². The fourth-order valence-electron chi connectivity index (χ4n) is 2.42. The van der Waals surface area contributed by atoms with Crippen molar-refractivity contribution in [1.82, 2.24) is 10.2 Å². The molecule has 6 nitrogen and oxygen atoms in total. The predicted octanol–water partition coefficient (Wildman–Crippen LogP) is 4.03. The van der Waals surface area contributed by atoms with Gasteiger partial charge in [0.25, 0.3) is 0 Å². The molecule has 3 aromatic rings. The molecule has 1 amide bonds. The third kappa shape index (κ3) is 4.98. The van der Waals surface area contributed by atoms with Crippen molar-refractivity contribution in [2.24, 2.45) is 0 Å². The molecular weight excluding hydrogens is 381 g/mol.